The Morgan fingerprint density at radius 1 is 1.20 bits per heavy atom. The number of nitrogens with zero attached hydrogens (tertiary/aromatic N) is 2. The number of hydrogen-bond acceptors (Lipinski definition) is 3. The number of benzene rings is 1. The summed E-state index contributed by atoms with van der Waals surface area (Å²) in [6.07, 6.45) is 4.33. The number of likely N-dealkylation sites (tertiary alicyclic amines) is 1. The van der Waals surface area contributed by atoms with Gasteiger partial charge in [0.1, 0.15) is 0 Å². The third-order valence-corrected chi connectivity index (χ3v) is 5.35. The number of urea groups is 1. The van der Waals surface area contributed by atoms with Gasteiger partial charge in [0.05, 0.1) is 0 Å². The summed E-state index contributed by atoms with van der Waals surface area (Å²) in [5.41, 5.74) is 1.23. The van der Waals surface area contributed by atoms with E-state index >= 15 is 0 Å². The van der Waals surface area contributed by atoms with E-state index in [1.54, 1.807) is 18.2 Å². The Balaban J connectivity index is 1.62. The van der Waals surface area contributed by atoms with Crippen LogP contribution in [-0.4, -0.2) is 60.5 Å². The smallest absolute Gasteiger partial charge is 0.321 e. The summed E-state index contributed by atoms with van der Waals surface area (Å²) in [4.78, 5) is 29.1. The molecule has 0 aliphatic carbocycles. The quantitative estimate of drug-likeness (QED) is 0.882. The molecule has 2 N–H and O–H groups in total. The fourth-order valence-electron chi connectivity index (χ4n) is 3.77. The maximum Gasteiger partial charge on any atom is 0.321 e. The number of rotatable bonds is 4. The Labute approximate surface area is 149 Å². The molecule has 2 unspecified atom stereocenters. The number of anilines is 1. The average molecular weight is 344 g/mol. The molecule has 2 heterocycles. The molecule has 6 nitrogen and oxygen atoms in total. The molecular formula is C19H28N4O2. The normalized spacial score (nSPS) is 23.2. The number of amides is 3. The standard InChI is InChI=1S/C19H28N4O2/c1-3-10-20-18(24)14-5-4-6-15(12-14)21-19(25)23-11-9-16-7-8-17(13-23)22(16)2/h4-6,12,16-17H,3,7-11,13H2,1-2H3,(H,20,24)(H,21,25). The van der Waals surface area contributed by atoms with Gasteiger partial charge in [-0.05, 0) is 50.9 Å². The fourth-order valence-corrected chi connectivity index (χ4v) is 3.77. The summed E-state index contributed by atoms with van der Waals surface area (Å²) < 4.78 is 0. The van der Waals surface area contributed by atoms with Gasteiger partial charge in [-0.3, -0.25) is 9.69 Å². The summed E-state index contributed by atoms with van der Waals surface area (Å²) in [6.45, 7) is 4.23. The number of nitrogens with one attached hydrogen (secondary N) is 2. The molecule has 3 amide bonds. The Morgan fingerprint density at radius 2 is 2.00 bits per heavy atom. The highest BCUT2D eigenvalue weighted by atomic mass is 16.2. The van der Waals surface area contributed by atoms with E-state index in [0.717, 1.165) is 32.4 Å². The predicted octanol–water partition coefficient (Wildman–Crippen LogP) is 2.53. The summed E-state index contributed by atoms with van der Waals surface area (Å²) in [7, 11) is 2.17. The van der Waals surface area contributed by atoms with E-state index in [4.69, 9.17) is 0 Å². The molecule has 6 heteroatoms. The maximum atomic E-state index is 12.7. The third-order valence-electron chi connectivity index (χ3n) is 5.35. The van der Waals surface area contributed by atoms with Crippen LogP contribution in [0.3, 0.4) is 0 Å². The lowest BCUT2D eigenvalue weighted by atomic mass is 10.1. The van der Waals surface area contributed by atoms with E-state index < -0.39 is 0 Å². The molecule has 2 aliphatic heterocycles. The lowest BCUT2D eigenvalue weighted by Crippen LogP contribution is -2.41. The zero-order chi connectivity index (χ0) is 17.8. The molecule has 1 aromatic carbocycles. The third kappa shape index (κ3) is 4.12. The minimum Gasteiger partial charge on any atom is -0.352 e. The van der Waals surface area contributed by atoms with Gasteiger partial charge in [-0.25, -0.2) is 4.79 Å². The number of carbonyl (C=O) groups is 2. The number of fused-ring (bicyclic) bond motifs is 2. The molecule has 2 atom stereocenters. The molecule has 2 aliphatic rings. The molecule has 3 rings (SSSR count). The van der Waals surface area contributed by atoms with E-state index in [1.807, 2.05) is 17.9 Å². The number of hydrogen-bond donors (Lipinski definition) is 2. The van der Waals surface area contributed by atoms with Crippen LogP contribution in [0.5, 0.6) is 0 Å². The van der Waals surface area contributed by atoms with E-state index in [9.17, 15) is 9.59 Å². The van der Waals surface area contributed by atoms with Gasteiger partial charge >= 0.3 is 6.03 Å². The molecule has 1 aromatic rings. The first kappa shape index (κ1) is 17.7. The van der Waals surface area contributed by atoms with Gasteiger partial charge < -0.3 is 15.5 Å². The highest BCUT2D eigenvalue weighted by Crippen LogP contribution is 2.28. The summed E-state index contributed by atoms with van der Waals surface area (Å²) in [6, 6.07) is 8.11. The van der Waals surface area contributed by atoms with Crippen molar-refractivity contribution in [3.05, 3.63) is 29.8 Å². The molecule has 2 fully saturated rings. The van der Waals surface area contributed by atoms with Crippen LogP contribution >= 0.6 is 0 Å². The van der Waals surface area contributed by atoms with Crippen molar-refractivity contribution in [2.45, 2.75) is 44.7 Å². The number of likely N-dealkylation sites (N-methyl/N-ethyl adjacent to an activating group) is 1. The monoisotopic (exact) mass is 344 g/mol. The van der Waals surface area contributed by atoms with Crippen molar-refractivity contribution in [1.82, 2.24) is 15.1 Å². The Kier molecular flexibility index (Phi) is 5.58. The van der Waals surface area contributed by atoms with Gasteiger partial charge in [-0.1, -0.05) is 13.0 Å². The molecule has 2 bridgehead atoms. The van der Waals surface area contributed by atoms with Crippen molar-refractivity contribution in [1.29, 1.82) is 0 Å². The average Bonchev–Trinajstić information content (AvgIpc) is 2.85. The summed E-state index contributed by atoms with van der Waals surface area (Å²) >= 11 is 0. The molecule has 0 radical (unpaired) electrons. The van der Waals surface area contributed by atoms with Crippen LogP contribution in [0.1, 0.15) is 43.0 Å². The Hall–Kier alpha value is -2.08. The largest absolute Gasteiger partial charge is 0.352 e. The van der Waals surface area contributed by atoms with Crippen LogP contribution < -0.4 is 10.6 Å². The van der Waals surface area contributed by atoms with Crippen molar-refractivity contribution in [2.24, 2.45) is 0 Å². The van der Waals surface area contributed by atoms with Crippen molar-refractivity contribution >= 4 is 17.6 Å². The topological polar surface area (TPSA) is 64.7 Å². The fraction of sp³-hybridized carbons (Fsp3) is 0.579. The minimum absolute atomic E-state index is 0.0768. The molecule has 0 spiro atoms. The van der Waals surface area contributed by atoms with E-state index in [-0.39, 0.29) is 11.9 Å². The van der Waals surface area contributed by atoms with Crippen LogP contribution in [0.2, 0.25) is 0 Å². The number of carbonyl (C=O) groups excluding carboxylic acids is 2. The summed E-state index contributed by atoms with van der Waals surface area (Å²) in [5, 5.41) is 5.81. The van der Waals surface area contributed by atoms with Crippen molar-refractivity contribution < 1.29 is 9.59 Å². The van der Waals surface area contributed by atoms with Crippen molar-refractivity contribution in [2.75, 3.05) is 32.0 Å². The first-order valence-electron chi connectivity index (χ1n) is 9.24. The zero-order valence-electron chi connectivity index (χ0n) is 15.1. The highest BCUT2D eigenvalue weighted by molar-refractivity contribution is 5.96. The molecule has 136 valence electrons. The molecule has 25 heavy (non-hydrogen) atoms. The highest BCUT2D eigenvalue weighted by Gasteiger charge is 2.35. The van der Waals surface area contributed by atoms with E-state index in [2.05, 4.69) is 22.6 Å². The Bertz CT molecular complexity index is 634. The van der Waals surface area contributed by atoms with Crippen LogP contribution in [0.25, 0.3) is 0 Å². The van der Waals surface area contributed by atoms with Gasteiger partial charge in [-0.2, -0.15) is 0 Å². The van der Waals surface area contributed by atoms with Crippen molar-refractivity contribution in [3.63, 3.8) is 0 Å². The molecule has 0 saturated carbocycles. The van der Waals surface area contributed by atoms with Crippen LogP contribution in [0, 0.1) is 0 Å². The second-order valence-electron chi connectivity index (χ2n) is 7.05. The second-order valence-corrected chi connectivity index (χ2v) is 7.05. The second kappa shape index (κ2) is 7.87. The van der Waals surface area contributed by atoms with Gasteiger partial charge in [0.2, 0.25) is 0 Å². The SMILES string of the molecule is CCCNC(=O)c1cccc(NC(=O)N2CCC3CCC(C2)N3C)c1. The van der Waals surface area contributed by atoms with Gasteiger partial charge in [-0.15, -0.1) is 0 Å². The Morgan fingerprint density at radius 3 is 2.80 bits per heavy atom. The van der Waals surface area contributed by atoms with Crippen LogP contribution in [0.15, 0.2) is 24.3 Å². The van der Waals surface area contributed by atoms with E-state index in [0.29, 0.717) is 29.9 Å². The van der Waals surface area contributed by atoms with Gasteiger partial charge in [0, 0.05) is 43.0 Å². The first-order chi connectivity index (χ1) is 12.1. The lowest BCUT2D eigenvalue weighted by molar-refractivity contribution is 0.0953. The van der Waals surface area contributed by atoms with Crippen LogP contribution in [-0.2, 0) is 0 Å². The van der Waals surface area contributed by atoms with E-state index in [1.165, 1.54) is 6.42 Å². The molecular weight excluding hydrogens is 316 g/mol. The van der Waals surface area contributed by atoms with Crippen LogP contribution in [0.4, 0.5) is 10.5 Å². The first-order valence-corrected chi connectivity index (χ1v) is 9.24. The molecule has 2 saturated heterocycles. The minimum atomic E-state index is -0.105. The predicted molar refractivity (Wildman–Crippen MR) is 98.8 cm³/mol. The molecule has 0 aromatic heterocycles. The maximum absolute atomic E-state index is 12.7. The zero-order valence-corrected chi connectivity index (χ0v) is 15.1. The van der Waals surface area contributed by atoms with Gasteiger partial charge in [0.25, 0.3) is 5.91 Å². The summed E-state index contributed by atoms with van der Waals surface area (Å²) in [5.74, 6) is -0.105. The van der Waals surface area contributed by atoms with Crippen molar-refractivity contribution in [3.8, 4) is 0 Å². The van der Waals surface area contributed by atoms with Gasteiger partial charge in [0.15, 0.2) is 0 Å². The lowest BCUT2D eigenvalue weighted by Gasteiger charge is -2.26.